The minimum absolute atomic E-state index is 0.0760. The normalized spacial score (nSPS) is 15.4. The lowest BCUT2D eigenvalue weighted by molar-refractivity contribution is -0.308. The van der Waals surface area contributed by atoms with E-state index in [2.05, 4.69) is 4.74 Å². The average molecular weight is 744 g/mol. The third-order valence-corrected chi connectivity index (χ3v) is 7.68. The second-order valence-electron chi connectivity index (χ2n) is 12.7. The zero-order valence-electron chi connectivity index (χ0n) is 27.9. The van der Waals surface area contributed by atoms with E-state index < -0.39 is 87.1 Å². The molecule has 1 unspecified atom stereocenters. The molecule has 0 aromatic heterocycles. The van der Waals surface area contributed by atoms with E-state index in [9.17, 15) is 53.9 Å². The van der Waals surface area contributed by atoms with Gasteiger partial charge in [-0.05, 0) is 38.8 Å². The molecule has 1 fully saturated rings. The van der Waals surface area contributed by atoms with Crippen molar-refractivity contribution in [2.45, 2.75) is 70.8 Å². The number of nitrogens with zero attached hydrogens (tertiary/aromatic N) is 3. The summed E-state index contributed by atoms with van der Waals surface area (Å²) < 4.78 is 136. The van der Waals surface area contributed by atoms with Crippen molar-refractivity contribution < 1.29 is 68.1 Å². The zero-order valence-corrected chi connectivity index (χ0v) is 27.9. The number of hydrogen-bond acceptors (Lipinski definition) is 8. The van der Waals surface area contributed by atoms with Crippen LogP contribution in [0.25, 0.3) is 0 Å². The maximum absolute atomic E-state index is 14.8. The van der Waals surface area contributed by atoms with Gasteiger partial charge in [0.2, 0.25) is 6.79 Å². The third kappa shape index (κ3) is 12.2. The SMILES string of the molecule is CC(C)(C)C(=O)OCOC(=O)CCCN(Cc1ccccc1)c1ccccc1C(N1CCN(C(=O)OC(C(F)(F)F)C(F)(F)F)CC1)C(F)(F)F. The number of piperazine rings is 1. The quantitative estimate of drug-likeness (QED) is 0.126. The van der Waals surface area contributed by atoms with Crippen molar-refractivity contribution in [1.82, 2.24) is 9.80 Å². The molecule has 1 aliphatic heterocycles. The summed E-state index contributed by atoms with van der Waals surface area (Å²) in [5, 5.41) is 0. The molecule has 0 aliphatic carbocycles. The summed E-state index contributed by atoms with van der Waals surface area (Å²) >= 11 is 0. The molecule has 0 spiro atoms. The number of ether oxygens (including phenoxy) is 3. The molecule has 1 saturated heterocycles. The van der Waals surface area contributed by atoms with E-state index in [0.29, 0.717) is 4.90 Å². The van der Waals surface area contributed by atoms with Crippen molar-refractivity contribution in [1.29, 1.82) is 0 Å². The Hall–Kier alpha value is -4.22. The van der Waals surface area contributed by atoms with Crippen LogP contribution in [0.1, 0.15) is 50.8 Å². The molecule has 2 aromatic carbocycles. The van der Waals surface area contributed by atoms with Crippen molar-refractivity contribution in [3.8, 4) is 0 Å². The number of amides is 1. The van der Waals surface area contributed by atoms with Gasteiger partial charge < -0.3 is 24.0 Å². The van der Waals surface area contributed by atoms with Crippen molar-refractivity contribution in [3.63, 3.8) is 0 Å². The zero-order chi connectivity index (χ0) is 38.2. The molecule has 9 nitrogen and oxygen atoms in total. The highest BCUT2D eigenvalue weighted by molar-refractivity contribution is 5.75. The number of benzene rings is 2. The van der Waals surface area contributed by atoms with Gasteiger partial charge in [0.1, 0.15) is 6.04 Å². The van der Waals surface area contributed by atoms with Crippen LogP contribution in [-0.2, 0) is 30.3 Å². The summed E-state index contributed by atoms with van der Waals surface area (Å²) in [5.74, 6) is -1.29. The Labute approximate surface area is 288 Å². The molecule has 0 saturated carbocycles. The summed E-state index contributed by atoms with van der Waals surface area (Å²) in [4.78, 5) is 39.6. The molecule has 1 heterocycles. The van der Waals surface area contributed by atoms with Crippen LogP contribution >= 0.6 is 0 Å². The van der Waals surface area contributed by atoms with Crippen LogP contribution in [0.5, 0.6) is 0 Å². The van der Waals surface area contributed by atoms with Gasteiger partial charge in [-0.2, -0.15) is 39.5 Å². The number of carbonyl (C=O) groups excluding carboxylic acids is 3. The fraction of sp³-hybridized carbons (Fsp3) is 0.545. The molecule has 51 heavy (non-hydrogen) atoms. The lowest BCUT2D eigenvalue weighted by Gasteiger charge is -2.41. The highest BCUT2D eigenvalue weighted by Gasteiger charge is 2.60. The lowest BCUT2D eigenvalue weighted by Crippen LogP contribution is -2.54. The number of carbonyl (C=O) groups is 3. The number of esters is 2. The summed E-state index contributed by atoms with van der Waals surface area (Å²) in [6.45, 7) is 2.06. The van der Waals surface area contributed by atoms with E-state index in [0.717, 1.165) is 10.5 Å². The molecular weight excluding hydrogens is 705 g/mol. The average Bonchev–Trinajstić information content (AvgIpc) is 3.02. The maximum Gasteiger partial charge on any atom is 0.434 e. The van der Waals surface area contributed by atoms with Gasteiger partial charge in [-0.1, -0.05) is 48.5 Å². The summed E-state index contributed by atoms with van der Waals surface area (Å²) in [6, 6.07) is 12.1. The maximum atomic E-state index is 14.8. The number of alkyl halides is 9. The Balaban J connectivity index is 1.79. The fourth-order valence-electron chi connectivity index (χ4n) is 5.18. The standard InChI is InChI=1S/C33H38F9N3O6/c1-30(2,3)28(47)50-21-49-25(46)14-9-15-45(20-22-10-5-4-6-11-22)24-13-8-7-12-23(24)26(31(34,35)36)43-16-18-44(19-17-43)29(48)51-27(32(37,38)39)33(40,41)42/h4-8,10-13,26-27H,9,14-21H2,1-3H3. The van der Waals surface area contributed by atoms with Crippen molar-refractivity contribution in [2.75, 3.05) is 44.4 Å². The molecule has 2 aromatic rings. The highest BCUT2D eigenvalue weighted by atomic mass is 19.4. The molecule has 0 radical (unpaired) electrons. The van der Waals surface area contributed by atoms with Crippen molar-refractivity contribution in [2.24, 2.45) is 5.41 Å². The minimum Gasteiger partial charge on any atom is -0.428 e. The van der Waals surface area contributed by atoms with Crippen LogP contribution in [-0.4, -0.2) is 92.0 Å². The molecule has 0 N–H and O–H groups in total. The Bertz CT molecular complexity index is 1440. The van der Waals surface area contributed by atoms with Crippen LogP contribution in [0.4, 0.5) is 50.0 Å². The van der Waals surface area contributed by atoms with Gasteiger partial charge in [0, 0.05) is 56.9 Å². The van der Waals surface area contributed by atoms with Crippen LogP contribution in [0.3, 0.4) is 0 Å². The van der Waals surface area contributed by atoms with E-state index in [4.69, 9.17) is 9.47 Å². The molecular formula is C33H38F9N3O6. The van der Waals surface area contributed by atoms with Gasteiger partial charge in [-0.3, -0.25) is 14.5 Å². The molecule has 0 bridgehead atoms. The van der Waals surface area contributed by atoms with E-state index in [1.54, 1.807) is 56.0 Å². The highest BCUT2D eigenvalue weighted by Crippen LogP contribution is 2.43. The van der Waals surface area contributed by atoms with Gasteiger partial charge in [-0.15, -0.1) is 0 Å². The molecule has 1 aliphatic rings. The van der Waals surface area contributed by atoms with Crippen molar-refractivity contribution >= 4 is 23.7 Å². The second-order valence-corrected chi connectivity index (χ2v) is 12.7. The minimum atomic E-state index is -5.95. The number of anilines is 1. The Morgan fingerprint density at radius 3 is 1.88 bits per heavy atom. The van der Waals surface area contributed by atoms with Crippen LogP contribution in [0.15, 0.2) is 54.6 Å². The number of hydrogen-bond donors (Lipinski definition) is 0. The Morgan fingerprint density at radius 1 is 0.765 bits per heavy atom. The van der Waals surface area contributed by atoms with Gasteiger partial charge in [0.15, 0.2) is 0 Å². The molecule has 284 valence electrons. The molecule has 3 rings (SSSR count). The van der Waals surface area contributed by atoms with Crippen LogP contribution in [0, 0.1) is 5.41 Å². The summed E-state index contributed by atoms with van der Waals surface area (Å²) in [5.41, 5.74) is -0.142. The predicted octanol–water partition coefficient (Wildman–Crippen LogP) is 7.41. The van der Waals surface area contributed by atoms with Gasteiger partial charge in [0.05, 0.1) is 5.41 Å². The fourth-order valence-corrected chi connectivity index (χ4v) is 5.18. The number of para-hydroxylation sites is 1. The first kappa shape index (κ1) is 41.2. The van der Waals surface area contributed by atoms with E-state index >= 15 is 0 Å². The molecule has 18 heteroatoms. The Kier molecular flexibility index (Phi) is 13.6. The lowest BCUT2D eigenvalue weighted by atomic mass is 9.98. The topological polar surface area (TPSA) is 88.6 Å². The van der Waals surface area contributed by atoms with E-state index in [-0.39, 0.29) is 37.2 Å². The first-order chi connectivity index (χ1) is 23.6. The van der Waals surface area contributed by atoms with Crippen molar-refractivity contribution in [3.05, 3.63) is 65.7 Å². The molecule has 1 atom stereocenters. The monoisotopic (exact) mass is 743 g/mol. The Morgan fingerprint density at radius 2 is 1.33 bits per heavy atom. The number of rotatable bonds is 12. The molecule has 1 amide bonds. The first-order valence-electron chi connectivity index (χ1n) is 15.7. The van der Waals surface area contributed by atoms with Gasteiger partial charge >= 0.3 is 36.6 Å². The third-order valence-electron chi connectivity index (χ3n) is 7.68. The second kappa shape index (κ2) is 16.9. The van der Waals surface area contributed by atoms with Gasteiger partial charge in [-0.25, -0.2) is 4.79 Å². The largest absolute Gasteiger partial charge is 0.434 e. The van der Waals surface area contributed by atoms with Crippen LogP contribution < -0.4 is 4.90 Å². The predicted molar refractivity (Wildman–Crippen MR) is 164 cm³/mol. The van der Waals surface area contributed by atoms with Gasteiger partial charge in [0.25, 0.3) is 6.10 Å². The van der Waals surface area contributed by atoms with E-state index in [1.807, 2.05) is 0 Å². The first-order valence-corrected chi connectivity index (χ1v) is 15.7. The smallest absolute Gasteiger partial charge is 0.428 e. The summed E-state index contributed by atoms with van der Waals surface area (Å²) in [7, 11) is 0. The van der Waals surface area contributed by atoms with E-state index in [1.165, 1.54) is 24.3 Å². The number of halogens is 9. The summed E-state index contributed by atoms with van der Waals surface area (Å²) in [6.07, 6.45) is -23.2. The van der Waals surface area contributed by atoms with Crippen LogP contribution in [0.2, 0.25) is 0 Å².